The van der Waals surface area contributed by atoms with Gasteiger partial charge in [-0.15, -0.1) is 0 Å². The predicted molar refractivity (Wildman–Crippen MR) is 112 cm³/mol. The van der Waals surface area contributed by atoms with E-state index in [0.717, 1.165) is 25.0 Å². The van der Waals surface area contributed by atoms with Crippen LogP contribution in [0.5, 0.6) is 5.75 Å². The maximum absolute atomic E-state index is 12.7. The molecule has 2 heterocycles. The minimum atomic E-state index is -0.170. The second-order valence-electron chi connectivity index (χ2n) is 7.83. The summed E-state index contributed by atoms with van der Waals surface area (Å²) < 4.78 is 5.81. The zero-order valence-electron chi connectivity index (χ0n) is 16.3. The number of nitrogens with zero attached hydrogens (tertiary/aromatic N) is 1. The van der Waals surface area contributed by atoms with Crippen molar-refractivity contribution in [3.63, 3.8) is 0 Å². The van der Waals surface area contributed by atoms with Crippen LogP contribution in [0.4, 0.5) is 0 Å². The van der Waals surface area contributed by atoms with Crippen LogP contribution < -0.4 is 10.1 Å². The number of para-hydroxylation sites is 1. The number of benzene rings is 2. The molecule has 2 atom stereocenters. The summed E-state index contributed by atoms with van der Waals surface area (Å²) in [5.41, 5.74) is 1.80. The molecule has 2 aromatic carbocycles. The van der Waals surface area contributed by atoms with E-state index in [-0.39, 0.29) is 23.7 Å². The van der Waals surface area contributed by atoms with Crippen LogP contribution in [0, 0.1) is 11.8 Å². The number of amides is 2. The fraction of sp³-hybridized carbons (Fsp3) is 0.391. The van der Waals surface area contributed by atoms with Crippen molar-refractivity contribution in [3.05, 3.63) is 64.7 Å². The van der Waals surface area contributed by atoms with Gasteiger partial charge in [-0.3, -0.25) is 9.59 Å². The minimum Gasteiger partial charge on any atom is -0.493 e. The third-order valence-corrected chi connectivity index (χ3v) is 5.94. The summed E-state index contributed by atoms with van der Waals surface area (Å²) in [5.74, 6) is 1.02. The first-order valence-electron chi connectivity index (χ1n) is 10.1. The summed E-state index contributed by atoms with van der Waals surface area (Å²) in [6, 6.07) is 14.9. The molecule has 0 spiro atoms. The molecule has 1 N–H and O–H groups in total. The molecule has 1 saturated heterocycles. The molecule has 0 bridgehead atoms. The van der Waals surface area contributed by atoms with Crippen LogP contribution in [0.2, 0.25) is 5.02 Å². The third-order valence-electron chi connectivity index (χ3n) is 5.69. The van der Waals surface area contributed by atoms with E-state index < -0.39 is 0 Å². The summed E-state index contributed by atoms with van der Waals surface area (Å²) in [6.07, 6.45) is 2.54. The fourth-order valence-corrected chi connectivity index (χ4v) is 4.19. The maximum Gasteiger partial charge on any atom is 0.253 e. The number of ether oxygens (including phenoxy) is 1. The lowest BCUT2D eigenvalue weighted by atomic mass is 9.94. The zero-order chi connectivity index (χ0) is 20.2. The Morgan fingerprint density at radius 1 is 1.14 bits per heavy atom. The molecule has 2 aliphatic heterocycles. The van der Waals surface area contributed by atoms with Gasteiger partial charge in [0.2, 0.25) is 5.91 Å². The molecule has 5 nitrogen and oxygen atoms in total. The highest BCUT2D eigenvalue weighted by Crippen LogP contribution is 2.26. The van der Waals surface area contributed by atoms with E-state index in [1.165, 1.54) is 5.56 Å². The van der Waals surface area contributed by atoms with Gasteiger partial charge in [0.15, 0.2) is 0 Å². The van der Waals surface area contributed by atoms with Crippen LogP contribution in [0.3, 0.4) is 0 Å². The van der Waals surface area contributed by atoms with E-state index in [2.05, 4.69) is 11.4 Å². The standard InChI is InChI=1S/C23H25ClN2O3/c24-20-9-7-17(8-10-20)23(28)26-11-3-5-19(14-26)22(27)25-13-16-12-18-4-1-2-6-21(18)29-15-16/h1-2,4,6-10,16,19H,3,5,11-15H2,(H,25,27)/t16-,19+/m1/s1. The second-order valence-corrected chi connectivity index (χ2v) is 8.27. The van der Waals surface area contributed by atoms with Gasteiger partial charge in [-0.05, 0) is 55.2 Å². The average Bonchev–Trinajstić information content (AvgIpc) is 2.77. The van der Waals surface area contributed by atoms with Crippen molar-refractivity contribution in [1.29, 1.82) is 0 Å². The normalized spacial score (nSPS) is 21.1. The average molecular weight is 413 g/mol. The van der Waals surface area contributed by atoms with Gasteiger partial charge in [0.1, 0.15) is 5.75 Å². The van der Waals surface area contributed by atoms with Gasteiger partial charge >= 0.3 is 0 Å². The van der Waals surface area contributed by atoms with Gasteiger partial charge in [-0.25, -0.2) is 0 Å². The first kappa shape index (κ1) is 19.8. The Morgan fingerprint density at radius 2 is 1.93 bits per heavy atom. The largest absolute Gasteiger partial charge is 0.493 e. The smallest absolute Gasteiger partial charge is 0.253 e. The summed E-state index contributed by atoms with van der Waals surface area (Å²) in [7, 11) is 0. The Kier molecular flexibility index (Phi) is 6.05. The molecule has 29 heavy (non-hydrogen) atoms. The second kappa shape index (κ2) is 8.87. The number of hydrogen-bond acceptors (Lipinski definition) is 3. The number of piperidine rings is 1. The number of fused-ring (bicyclic) bond motifs is 1. The van der Waals surface area contributed by atoms with Gasteiger partial charge in [0.05, 0.1) is 12.5 Å². The van der Waals surface area contributed by atoms with Gasteiger partial charge in [-0.2, -0.15) is 0 Å². The summed E-state index contributed by atoms with van der Waals surface area (Å²) >= 11 is 5.91. The predicted octanol–water partition coefficient (Wildman–Crippen LogP) is 3.56. The topological polar surface area (TPSA) is 58.6 Å². The van der Waals surface area contributed by atoms with Crippen LogP contribution >= 0.6 is 11.6 Å². The first-order valence-corrected chi connectivity index (χ1v) is 10.5. The first-order chi connectivity index (χ1) is 14.1. The Labute approximate surface area is 176 Å². The molecular weight excluding hydrogens is 388 g/mol. The number of halogens is 1. The molecule has 6 heteroatoms. The maximum atomic E-state index is 12.7. The summed E-state index contributed by atoms with van der Waals surface area (Å²) in [6.45, 7) is 2.34. The molecule has 0 aromatic heterocycles. The van der Waals surface area contributed by atoms with Crippen molar-refractivity contribution in [2.45, 2.75) is 19.3 Å². The van der Waals surface area contributed by atoms with Crippen molar-refractivity contribution in [2.75, 3.05) is 26.2 Å². The summed E-state index contributed by atoms with van der Waals surface area (Å²) in [5, 5.41) is 3.69. The van der Waals surface area contributed by atoms with Gasteiger partial charge < -0.3 is 15.0 Å². The molecule has 0 aliphatic carbocycles. The molecule has 0 radical (unpaired) electrons. The lowest BCUT2D eigenvalue weighted by Gasteiger charge is -2.32. The lowest BCUT2D eigenvalue weighted by molar-refractivity contribution is -0.126. The highest BCUT2D eigenvalue weighted by molar-refractivity contribution is 6.30. The van der Waals surface area contributed by atoms with Crippen LogP contribution in [-0.4, -0.2) is 43.0 Å². The van der Waals surface area contributed by atoms with Crippen molar-refractivity contribution in [3.8, 4) is 5.75 Å². The number of carbonyl (C=O) groups is 2. The van der Waals surface area contributed by atoms with Crippen molar-refractivity contribution >= 4 is 23.4 Å². The lowest BCUT2D eigenvalue weighted by Crippen LogP contribution is -2.46. The molecule has 2 aromatic rings. The van der Waals surface area contributed by atoms with Crippen molar-refractivity contribution < 1.29 is 14.3 Å². The van der Waals surface area contributed by atoms with E-state index in [1.807, 2.05) is 18.2 Å². The fourth-order valence-electron chi connectivity index (χ4n) is 4.06. The van der Waals surface area contributed by atoms with Crippen LogP contribution in [0.25, 0.3) is 0 Å². The number of nitrogens with one attached hydrogen (secondary N) is 1. The third kappa shape index (κ3) is 4.73. The van der Waals surface area contributed by atoms with Crippen molar-refractivity contribution in [2.24, 2.45) is 11.8 Å². The molecule has 0 unspecified atom stereocenters. The van der Waals surface area contributed by atoms with Gasteiger partial charge in [0, 0.05) is 36.1 Å². The molecule has 152 valence electrons. The molecule has 0 saturated carbocycles. The van der Waals surface area contributed by atoms with Crippen LogP contribution in [-0.2, 0) is 11.2 Å². The monoisotopic (exact) mass is 412 g/mol. The van der Waals surface area contributed by atoms with Gasteiger partial charge in [0.25, 0.3) is 5.91 Å². The quantitative estimate of drug-likeness (QED) is 0.835. The van der Waals surface area contributed by atoms with Crippen molar-refractivity contribution in [1.82, 2.24) is 10.2 Å². The Bertz CT molecular complexity index is 884. The van der Waals surface area contributed by atoms with Crippen LogP contribution in [0.15, 0.2) is 48.5 Å². The number of likely N-dealkylation sites (tertiary alicyclic amines) is 1. The number of rotatable bonds is 4. The number of hydrogen-bond donors (Lipinski definition) is 1. The van der Waals surface area contributed by atoms with E-state index in [1.54, 1.807) is 29.2 Å². The molecule has 2 aliphatic rings. The summed E-state index contributed by atoms with van der Waals surface area (Å²) in [4.78, 5) is 27.2. The molecular formula is C23H25ClN2O3. The Balaban J connectivity index is 1.30. The van der Waals surface area contributed by atoms with E-state index in [4.69, 9.17) is 16.3 Å². The van der Waals surface area contributed by atoms with Crippen LogP contribution in [0.1, 0.15) is 28.8 Å². The molecule has 2 amide bonds. The Hall–Kier alpha value is -2.53. The SMILES string of the molecule is O=C(NC[C@@H]1COc2ccccc2C1)[C@H]1CCCN(C(=O)c2ccc(Cl)cc2)C1. The van der Waals surface area contributed by atoms with E-state index >= 15 is 0 Å². The Morgan fingerprint density at radius 3 is 2.76 bits per heavy atom. The highest BCUT2D eigenvalue weighted by atomic mass is 35.5. The minimum absolute atomic E-state index is 0.0254. The van der Waals surface area contributed by atoms with Gasteiger partial charge in [-0.1, -0.05) is 29.8 Å². The zero-order valence-corrected chi connectivity index (χ0v) is 17.0. The number of carbonyl (C=O) groups excluding carboxylic acids is 2. The molecule has 1 fully saturated rings. The van der Waals surface area contributed by atoms with E-state index in [9.17, 15) is 9.59 Å². The molecule has 4 rings (SSSR count). The highest BCUT2D eigenvalue weighted by Gasteiger charge is 2.29. The van der Waals surface area contributed by atoms with E-state index in [0.29, 0.717) is 36.8 Å².